The van der Waals surface area contributed by atoms with Gasteiger partial charge in [0.2, 0.25) is 0 Å². The van der Waals surface area contributed by atoms with Gasteiger partial charge in [0.1, 0.15) is 0 Å². The van der Waals surface area contributed by atoms with Gasteiger partial charge in [-0.1, -0.05) is 44.2 Å². The fraction of sp³-hybridized carbons (Fsp3) is 0.474. The Morgan fingerprint density at radius 2 is 1.88 bits per heavy atom. The summed E-state index contributed by atoms with van der Waals surface area (Å²) in [7, 11) is 1.81. The maximum Gasteiger partial charge on any atom is 0.191 e. The van der Waals surface area contributed by atoms with Crippen molar-refractivity contribution in [2.45, 2.75) is 39.5 Å². The van der Waals surface area contributed by atoms with E-state index in [2.05, 4.69) is 78.6 Å². The maximum atomic E-state index is 4.58. The highest BCUT2D eigenvalue weighted by Gasteiger charge is 2.20. The summed E-state index contributed by atoms with van der Waals surface area (Å²) in [5, 5.41) is 7.99. The first kappa shape index (κ1) is 18.5. The summed E-state index contributed by atoms with van der Waals surface area (Å²) in [5.41, 5.74) is 2.51. The smallest absolute Gasteiger partial charge is 0.191 e. The molecule has 2 aromatic rings. The Kier molecular flexibility index (Phi) is 6.37. The highest BCUT2D eigenvalue weighted by Crippen LogP contribution is 2.21. The monoisotopic (exact) mass is 344 g/mol. The first-order chi connectivity index (χ1) is 11.4. The molecule has 0 aliphatic carbocycles. The average Bonchev–Trinajstić information content (AvgIpc) is 2.89. The van der Waals surface area contributed by atoms with Crippen molar-refractivity contribution in [3.05, 3.63) is 51.5 Å². The lowest BCUT2D eigenvalue weighted by Gasteiger charge is -2.26. The standard InChI is InChI=1S/C19H28N4S/c1-14-15(2)24-17(23-14)11-12-21-18(20-5)22-13-19(3,4)16-9-7-6-8-10-16/h6-10H,11-13H2,1-5H3,(H2,20,21,22). The summed E-state index contributed by atoms with van der Waals surface area (Å²) >= 11 is 1.78. The van der Waals surface area contributed by atoms with E-state index < -0.39 is 0 Å². The fourth-order valence-electron chi connectivity index (χ4n) is 2.45. The van der Waals surface area contributed by atoms with Gasteiger partial charge < -0.3 is 10.6 Å². The summed E-state index contributed by atoms with van der Waals surface area (Å²) in [6.07, 6.45) is 0.919. The van der Waals surface area contributed by atoms with Crippen LogP contribution in [0.4, 0.5) is 0 Å². The van der Waals surface area contributed by atoms with E-state index in [1.54, 1.807) is 11.3 Å². The topological polar surface area (TPSA) is 49.3 Å². The van der Waals surface area contributed by atoms with Crippen molar-refractivity contribution < 1.29 is 0 Å². The van der Waals surface area contributed by atoms with Crippen molar-refractivity contribution in [3.63, 3.8) is 0 Å². The first-order valence-electron chi connectivity index (χ1n) is 8.35. The highest BCUT2D eigenvalue weighted by atomic mass is 32.1. The van der Waals surface area contributed by atoms with Crippen molar-refractivity contribution in [1.82, 2.24) is 15.6 Å². The summed E-state index contributed by atoms with van der Waals surface area (Å²) in [4.78, 5) is 10.2. The third kappa shape index (κ3) is 5.06. The minimum atomic E-state index is 0.0441. The van der Waals surface area contributed by atoms with Gasteiger partial charge in [-0.25, -0.2) is 4.98 Å². The van der Waals surface area contributed by atoms with E-state index in [9.17, 15) is 0 Å². The lowest BCUT2D eigenvalue weighted by Crippen LogP contribution is -2.44. The Balaban J connectivity index is 1.82. The summed E-state index contributed by atoms with van der Waals surface area (Å²) < 4.78 is 0. The number of aromatic nitrogens is 1. The number of rotatable bonds is 6. The van der Waals surface area contributed by atoms with Crippen molar-refractivity contribution >= 4 is 17.3 Å². The van der Waals surface area contributed by atoms with E-state index in [-0.39, 0.29) is 5.41 Å². The molecule has 130 valence electrons. The summed E-state index contributed by atoms with van der Waals surface area (Å²) in [6.45, 7) is 10.3. The second-order valence-corrected chi connectivity index (χ2v) is 7.89. The van der Waals surface area contributed by atoms with E-state index >= 15 is 0 Å². The van der Waals surface area contributed by atoms with Gasteiger partial charge in [-0.3, -0.25) is 4.99 Å². The molecule has 1 aromatic carbocycles. The SMILES string of the molecule is CN=C(NCCc1nc(C)c(C)s1)NCC(C)(C)c1ccccc1. The highest BCUT2D eigenvalue weighted by molar-refractivity contribution is 7.11. The van der Waals surface area contributed by atoms with Crippen LogP contribution >= 0.6 is 11.3 Å². The number of benzene rings is 1. The number of aryl methyl sites for hydroxylation is 2. The lowest BCUT2D eigenvalue weighted by atomic mass is 9.85. The predicted molar refractivity (Wildman–Crippen MR) is 104 cm³/mol. The molecule has 0 amide bonds. The third-order valence-corrected chi connectivity index (χ3v) is 5.31. The van der Waals surface area contributed by atoms with Gasteiger partial charge >= 0.3 is 0 Å². The molecular weight excluding hydrogens is 316 g/mol. The minimum Gasteiger partial charge on any atom is -0.356 e. The number of nitrogens with zero attached hydrogens (tertiary/aromatic N) is 2. The molecule has 0 unspecified atom stereocenters. The fourth-order valence-corrected chi connectivity index (χ4v) is 3.38. The predicted octanol–water partition coefficient (Wildman–Crippen LogP) is 3.45. The molecule has 0 saturated heterocycles. The molecule has 2 N–H and O–H groups in total. The molecule has 4 nitrogen and oxygen atoms in total. The number of thiazole rings is 1. The van der Waals surface area contributed by atoms with Crippen molar-refractivity contribution in [3.8, 4) is 0 Å². The molecule has 0 aliphatic rings. The van der Waals surface area contributed by atoms with Gasteiger partial charge in [-0.15, -0.1) is 11.3 Å². The number of aliphatic imine (C=N–C) groups is 1. The largest absolute Gasteiger partial charge is 0.356 e. The molecule has 0 aliphatic heterocycles. The quantitative estimate of drug-likeness (QED) is 0.623. The zero-order chi connectivity index (χ0) is 17.6. The van der Waals surface area contributed by atoms with Gasteiger partial charge in [0, 0.05) is 36.9 Å². The minimum absolute atomic E-state index is 0.0441. The number of hydrogen-bond acceptors (Lipinski definition) is 3. The zero-order valence-electron chi connectivity index (χ0n) is 15.3. The summed E-state index contributed by atoms with van der Waals surface area (Å²) in [6, 6.07) is 10.6. The van der Waals surface area contributed by atoms with Crippen LogP contribution in [0.1, 0.15) is 35.0 Å². The van der Waals surface area contributed by atoms with E-state index in [1.165, 1.54) is 15.4 Å². The van der Waals surface area contributed by atoms with Crippen LogP contribution in [0.2, 0.25) is 0 Å². The van der Waals surface area contributed by atoms with Crippen LogP contribution in [0.3, 0.4) is 0 Å². The number of hydrogen-bond donors (Lipinski definition) is 2. The molecule has 5 heteroatoms. The van der Waals surface area contributed by atoms with Gasteiger partial charge in [0.05, 0.1) is 10.7 Å². The molecule has 0 spiro atoms. The Labute approximate surface area is 149 Å². The molecule has 0 atom stereocenters. The summed E-state index contributed by atoms with van der Waals surface area (Å²) in [5.74, 6) is 0.837. The molecule has 0 fully saturated rings. The number of guanidine groups is 1. The Morgan fingerprint density at radius 1 is 1.17 bits per heavy atom. The van der Waals surface area contributed by atoms with E-state index in [0.717, 1.165) is 31.2 Å². The molecule has 1 heterocycles. The van der Waals surface area contributed by atoms with E-state index in [0.29, 0.717) is 0 Å². The van der Waals surface area contributed by atoms with Crippen LogP contribution in [0.25, 0.3) is 0 Å². The Morgan fingerprint density at radius 3 is 2.46 bits per heavy atom. The maximum absolute atomic E-state index is 4.58. The molecule has 0 radical (unpaired) electrons. The van der Waals surface area contributed by atoms with Crippen LogP contribution in [0.15, 0.2) is 35.3 Å². The normalized spacial score (nSPS) is 12.3. The van der Waals surface area contributed by atoms with Crippen LogP contribution in [-0.4, -0.2) is 31.1 Å². The number of nitrogens with one attached hydrogen (secondary N) is 2. The van der Waals surface area contributed by atoms with Crippen LogP contribution in [0.5, 0.6) is 0 Å². The van der Waals surface area contributed by atoms with Gasteiger partial charge in [-0.2, -0.15) is 0 Å². The lowest BCUT2D eigenvalue weighted by molar-refractivity contribution is 0.508. The van der Waals surface area contributed by atoms with Gasteiger partial charge in [0.15, 0.2) is 5.96 Å². The van der Waals surface area contributed by atoms with Crippen LogP contribution in [0, 0.1) is 13.8 Å². The Hall–Kier alpha value is -1.88. The van der Waals surface area contributed by atoms with E-state index in [4.69, 9.17) is 0 Å². The zero-order valence-corrected chi connectivity index (χ0v) is 16.1. The Bertz CT molecular complexity index is 654. The van der Waals surface area contributed by atoms with Crippen molar-refractivity contribution in [2.24, 2.45) is 4.99 Å². The first-order valence-corrected chi connectivity index (χ1v) is 9.17. The molecule has 1 aromatic heterocycles. The average molecular weight is 345 g/mol. The van der Waals surface area contributed by atoms with Gasteiger partial charge in [0.25, 0.3) is 0 Å². The third-order valence-electron chi connectivity index (χ3n) is 4.18. The second kappa shape index (κ2) is 8.29. The van der Waals surface area contributed by atoms with Crippen LogP contribution in [-0.2, 0) is 11.8 Å². The van der Waals surface area contributed by atoms with Crippen molar-refractivity contribution in [1.29, 1.82) is 0 Å². The molecule has 0 saturated carbocycles. The molecular formula is C19H28N4S. The van der Waals surface area contributed by atoms with Crippen molar-refractivity contribution in [2.75, 3.05) is 20.1 Å². The second-order valence-electron chi connectivity index (χ2n) is 6.60. The molecule has 0 bridgehead atoms. The molecule has 2 rings (SSSR count). The van der Waals surface area contributed by atoms with Crippen LogP contribution < -0.4 is 10.6 Å². The van der Waals surface area contributed by atoms with Gasteiger partial charge in [-0.05, 0) is 19.4 Å². The van der Waals surface area contributed by atoms with E-state index in [1.807, 2.05) is 7.05 Å². The molecule has 24 heavy (non-hydrogen) atoms.